The highest BCUT2D eigenvalue weighted by atomic mass is 32.2. The topological polar surface area (TPSA) is 92.9 Å². The van der Waals surface area contributed by atoms with Crippen LogP contribution in [0.25, 0.3) is 16.8 Å². The second-order valence-electron chi connectivity index (χ2n) is 6.13. The first-order valence-electron chi connectivity index (χ1n) is 8.84. The Labute approximate surface area is 164 Å². The smallest absolute Gasteiger partial charge is 0.273 e. The summed E-state index contributed by atoms with van der Waals surface area (Å²) < 4.78 is 7.07. The van der Waals surface area contributed by atoms with E-state index in [9.17, 15) is 9.59 Å². The van der Waals surface area contributed by atoms with Crippen molar-refractivity contribution in [1.82, 2.24) is 14.8 Å². The van der Waals surface area contributed by atoms with Gasteiger partial charge in [0.1, 0.15) is 11.3 Å². The van der Waals surface area contributed by atoms with Crippen LogP contribution in [-0.4, -0.2) is 25.9 Å². The number of hydrogen-bond donors (Lipinski definition) is 2. The number of carbonyl (C=O) groups is 1. The lowest BCUT2D eigenvalue weighted by Gasteiger charge is -2.11. The highest BCUT2D eigenvalue weighted by Crippen LogP contribution is 2.28. The van der Waals surface area contributed by atoms with E-state index in [0.717, 1.165) is 5.52 Å². The molecule has 0 saturated carbocycles. The van der Waals surface area contributed by atoms with E-state index < -0.39 is 5.25 Å². The predicted octanol–water partition coefficient (Wildman–Crippen LogP) is 3.82. The number of oxazole rings is 1. The van der Waals surface area contributed by atoms with E-state index in [1.807, 2.05) is 49.4 Å². The molecular weight excluding hydrogens is 376 g/mol. The fourth-order valence-electron chi connectivity index (χ4n) is 2.79. The van der Waals surface area contributed by atoms with Gasteiger partial charge < -0.3 is 9.73 Å². The molecule has 1 unspecified atom stereocenters. The lowest BCUT2D eigenvalue weighted by Crippen LogP contribution is -2.24. The van der Waals surface area contributed by atoms with Crippen molar-refractivity contribution in [2.24, 2.45) is 0 Å². The van der Waals surface area contributed by atoms with Crippen LogP contribution in [0, 0.1) is 0 Å². The Morgan fingerprint density at radius 2 is 1.96 bits per heavy atom. The van der Waals surface area contributed by atoms with Gasteiger partial charge in [0.2, 0.25) is 5.91 Å². The summed E-state index contributed by atoms with van der Waals surface area (Å²) in [6.07, 6.45) is 0.582. The number of rotatable bonds is 6. The highest BCUT2D eigenvalue weighted by Gasteiger charge is 2.22. The molecule has 0 aliphatic rings. The number of anilines is 1. The molecule has 2 N–H and O–H groups in total. The average Bonchev–Trinajstić information content (AvgIpc) is 3.29. The van der Waals surface area contributed by atoms with Crippen LogP contribution >= 0.6 is 11.8 Å². The Hall–Kier alpha value is -3.26. The average molecular weight is 394 g/mol. The molecule has 0 fully saturated rings. The maximum Gasteiger partial charge on any atom is 0.273 e. The van der Waals surface area contributed by atoms with Gasteiger partial charge in [-0.25, -0.2) is 9.67 Å². The third kappa shape index (κ3) is 3.72. The molecule has 1 amide bonds. The first-order valence-corrected chi connectivity index (χ1v) is 9.72. The van der Waals surface area contributed by atoms with E-state index in [1.54, 1.807) is 12.1 Å². The minimum Gasteiger partial charge on any atom is -0.431 e. The summed E-state index contributed by atoms with van der Waals surface area (Å²) in [6.45, 7) is 1.91. The third-order valence-corrected chi connectivity index (χ3v) is 5.38. The van der Waals surface area contributed by atoms with E-state index in [1.165, 1.54) is 22.5 Å². The second kappa shape index (κ2) is 7.77. The second-order valence-corrected chi connectivity index (χ2v) is 7.28. The van der Waals surface area contributed by atoms with Crippen LogP contribution < -0.4 is 10.9 Å². The summed E-state index contributed by atoms with van der Waals surface area (Å²) in [5.74, 6) is 0.117. The maximum atomic E-state index is 12.7. The molecule has 0 saturated heterocycles. The number of nitrogens with one attached hydrogen (secondary N) is 2. The van der Waals surface area contributed by atoms with Gasteiger partial charge in [-0.05, 0) is 30.7 Å². The monoisotopic (exact) mass is 394 g/mol. The minimum atomic E-state index is -0.406. The van der Waals surface area contributed by atoms with Gasteiger partial charge in [0.25, 0.3) is 10.8 Å². The van der Waals surface area contributed by atoms with Gasteiger partial charge in [-0.2, -0.15) is 0 Å². The first-order chi connectivity index (χ1) is 13.6. The lowest BCUT2D eigenvalue weighted by atomic mass is 10.3. The van der Waals surface area contributed by atoms with Crippen LogP contribution in [0.4, 0.5) is 5.82 Å². The largest absolute Gasteiger partial charge is 0.431 e. The molecule has 4 aromatic rings. The zero-order valence-corrected chi connectivity index (χ0v) is 15.9. The minimum absolute atomic E-state index is 0.226. The number of para-hydroxylation sites is 3. The predicted molar refractivity (Wildman–Crippen MR) is 109 cm³/mol. The zero-order chi connectivity index (χ0) is 19.5. The van der Waals surface area contributed by atoms with Crippen molar-refractivity contribution in [3.05, 3.63) is 71.0 Å². The summed E-state index contributed by atoms with van der Waals surface area (Å²) in [5.41, 5.74) is 1.89. The quantitative estimate of drug-likeness (QED) is 0.485. The highest BCUT2D eigenvalue weighted by molar-refractivity contribution is 8.00. The summed E-state index contributed by atoms with van der Waals surface area (Å²) >= 11 is 1.26. The van der Waals surface area contributed by atoms with E-state index in [4.69, 9.17) is 4.42 Å². The molecule has 7 nitrogen and oxygen atoms in total. The van der Waals surface area contributed by atoms with Gasteiger partial charge in [-0.1, -0.05) is 49.0 Å². The van der Waals surface area contributed by atoms with Crippen LogP contribution in [0.3, 0.4) is 0 Å². The number of benzene rings is 2. The molecule has 2 aromatic carbocycles. The van der Waals surface area contributed by atoms with Crippen LogP contribution in [-0.2, 0) is 4.79 Å². The molecule has 28 heavy (non-hydrogen) atoms. The molecular formula is C20H18N4O3S. The Kier molecular flexibility index (Phi) is 5.03. The fourth-order valence-corrected chi connectivity index (χ4v) is 3.65. The van der Waals surface area contributed by atoms with Crippen molar-refractivity contribution in [2.75, 3.05) is 5.32 Å². The van der Waals surface area contributed by atoms with Crippen molar-refractivity contribution < 1.29 is 9.21 Å². The molecule has 0 aliphatic carbocycles. The molecule has 8 heteroatoms. The molecule has 2 aromatic heterocycles. The Morgan fingerprint density at radius 1 is 1.21 bits per heavy atom. The van der Waals surface area contributed by atoms with Gasteiger partial charge >= 0.3 is 0 Å². The fraction of sp³-hybridized carbons (Fsp3) is 0.150. The molecule has 0 radical (unpaired) electrons. The number of aromatic amines is 1. The number of H-pyrrole nitrogens is 1. The van der Waals surface area contributed by atoms with Crippen molar-refractivity contribution in [3.8, 4) is 5.69 Å². The Morgan fingerprint density at radius 3 is 2.71 bits per heavy atom. The summed E-state index contributed by atoms with van der Waals surface area (Å²) in [5, 5.41) is 5.73. The van der Waals surface area contributed by atoms with Crippen molar-refractivity contribution in [1.29, 1.82) is 0 Å². The number of hydrogen-bond acceptors (Lipinski definition) is 5. The lowest BCUT2D eigenvalue weighted by molar-refractivity contribution is -0.115. The molecule has 1 atom stereocenters. The SMILES string of the molecule is CCC(Sc1nc2ccccc2o1)C(=O)Nc1cc(=O)n(-c2ccccc2)[nH]1. The van der Waals surface area contributed by atoms with Crippen LogP contribution in [0.5, 0.6) is 0 Å². The van der Waals surface area contributed by atoms with Crippen LogP contribution in [0.15, 0.2) is 75.1 Å². The third-order valence-electron chi connectivity index (χ3n) is 4.17. The number of thioether (sulfide) groups is 1. The summed E-state index contributed by atoms with van der Waals surface area (Å²) in [6, 6.07) is 18.0. The van der Waals surface area contributed by atoms with Gasteiger partial charge in [-0.3, -0.25) is 14.7 Å². The normalized spacial score (nSPS) is 12.2. The number of nitrogens with zero attached hydrogens (tertiary/aromatic N) is 2. The maximum absolute atomic E-state index is 12.7. The van der Waals surface area contributed by atoms with Gasteiger partial charge in [0.05, 0.1) is 10.9 Å². The molecule has 142 valence electrons. The van der Waals surface area contributed by atoms with Crippen molar-refractivity contribution in [2.45, 2.75) is 23.8 Å². The van der Waals surface area contributed by atoms with Crippen molar-refractivity contribution in [3.63, 3.8) is 0 Å². The first kappa shape index (κ1) is 18.1. The number of amides is 1. The van der Waals surface area contributed by atoms with Crippen molar-refractivity contribution >= 4 is 34.6 Å². The molecule has 4 rings (SSSR count). The number of carbonyl (C=O) groups excluding carboxylic acids is 1. The molecule has 2 heterocycles. The zero-order valence-electron chi connectivity index (χ0n) is 15.1. The van der Waals surface area contributed by atoms with Crippen LogP contribution in [0.2, 0.25) is 0 Å². The van der Waals surface area contributed by atoms with E-state index in [0.29, 0.717) is 28.7 Å². The standard InChI is InChI=1S/C20H18N4O3S/c1-2-16(28-20-21-14-10-6-7-11-15(14)27-20)19(26)22-17-12-18(25)24(23-17)13-8-4-3-5-9-13/h3-12,16,23H,2H2,1H3,(H,22,26). The molecule has 0 spiro atoms. The number of aromatic nitrogens is 3. The number of fused-ring (bicyclic) bond motifs is 1. The van der Waals surface area contributed by atoms with Gasteiger partial charge in [0, 0.05) is 6.07 Å². The van der Waals surface area contributed by atoms with E-state index in [-0.39, 0.29) is 11.5 Å². The van der Waals surface area contributed by atoms with Gasteiger partial charge in [-0.15, -0.1) is 0 Å². The molecule has 0 bridgehead atoms. The van der Waals surface area contributed by atoms with Gasteiger partial charge in [0.15, 0.2) is 5.58 Å². The summed E-state index contributed by atoms with van der Waals surface area (Å²) in [4.78, 5) is 29.3. The van der Waals surface area contributed by atoms with E-state index >= 15 is 0 Å². The Balaban J connectivity index is 1.49. The van der Waals surface area contributed by atoms with E-state index in [2.05, 4.69) is 15.4 Å². The molecule has 0 aliphatic heterocycles. The van der Waals surface area contributed by atoms with Crippen LogP contribution in [0.1, 0.15) is 13.3 Å². The summed E-state index contributed by atoms with van der Waals surface area (Å²) in [7, 11) is 0. The Bertz CT molecular complexity index is 1130.